The van der Waals surface area contributed by atoms with Crippen molar-refractivity contribution in [2.45, 2.75) is 39.2 Å². The lowest BCUT2D eigenvalue weighted by atomic mass is 9.90. The lowest BCUT2D eigenvalue weighted by Crippen LogP contribution is -2.34. The van der Waals surface area contributed by atoms with Gasteiger partial charge < -0.3 is 10.0 Å². The first-order chi connectivity index (χ1) is 11.9. The van der Waals surface area contributed by atoms with E-state index in [9.17, 15) is 9.90 Å². The van der Waals surface area contributed by atoms with Crippen molar-refractivity contribution in [3.8, 4) is 0 Å². The molecule has 1 N–H and O–H groups in total. The lowest BCUT2D eigenvalue weighted by Gasteiger charge is -2.19. The van der Waals surface area contributed by atoms with Gasteiger partial charge in [0.25, 0.3) is 0 Å². The van der Waals surface area contributed by atoms with Gasteiger partial charge >= 0.3 is 0 Å². The Morgan fingerprint density at radius 2 is 2.00 bits per heavy atom. The summed E-state index contributed by atoms with van der Waals surface area (Å²) in [5, 5.41) is 9.80. The molecule has 1 aromatic heterocycles. The molecule has 2 heterocycles. The third-order valence-electron chi connectivity index (χ3n) is 4.74. The van der Waals surface area contributed by atoms with Crippen LogP contribution in [-0.4, -0.2) is 28.4 Å². The number of anilines is 1. The number of aromatic nitrogens is 1. The molecule has 0 saturated carbocycles. The maximum absolute atomic E-state index is 12.2. The minimum absolute atomic E-state index is 0.0510. The molecule has 0 atom stereocenters. The second-order valence-corrected chi connectivity index (χ2v) is 7.55. The van der Waals surface area contributed by atoms with Crippen LogP contribution in [0.3, 0.4) is 0 Å². The monoisotopic (exact) mass is 358 g/mol. The van der Waals surface area contributed by atoms with Crippen molar-refractivity contribution in [2.75, 3.05) is 17.3 Å². The molecule has 25 heavy (non-hydrogen) atoms. The van der Waals surface area contributed by atoms with E-state index in [4.69, 9.17) is 16.6 Å². The second-order valence-electron chi connectivity index (χ2n) is 7.28. The van der Waals surface area contributed by atoms with E-state index < -0.39 is 0 Å². The standard InChI is InChI=1S/C20H23ClN2O2/c1-13-4-6-14(7-5-13)8-15-9-17-19(22-16(15)11-24)20(2,3)12-23(17)18(25)10-21/h4-7,9,24H,8,10-12H2,1-3H3. The summed E-state index contributed by atoms with van der Waals surface area (Å²) in [7, 11) is 0. The van der Waals surface area contributed by atoms with Gasteiger partial charge in [0.2, 0.25) is 5.91 Å². The van der Waals surface area contributed by atoms with Crippen molar-refractivity contribution >= 4 is 23.2 Å². The van der Waals surface area contributed by atoms with Crippen LogP contribution in [0.15, 0.2) is 30.3 Å². The molecule has 0 spiro atoms. The summed E-state index contributed by atoms with van der Waals surface area (Å²) in [6.07, 6.45) is 0.666. The number of aliphatic hydroxyl groups excluding tert-OH is 1. The van der Waals surface area contributed by atoms with E-state index in [1.54, 1.807) is 4.90 Å². The van der Waals surface area contributed by atoms with Crippen molar-refractivity contribution in [1.82, 2.24) is 4.98 Å². The number of pyridine rings is 1. The van der Waals surface area contributed by atoms with Crippen molar-refractivity contribution in [2.24, 2.45) is 0 Å². The largest absolute Gasteiger partial charge is 0.390 e. The average Bonchev–Trinajstić information content (AvgIpc) is 2.86. The summed E-state index contributed by atoms with van der Waals surface area (Å²) in [5.74, 6) is -0.168. The number of carbonyl (C=O) groups excluding carboxylic acids is 1. The van der Waals surface area contributed by atoms with E-state index in [1.165, 1.54) is 5.56 Å². The summed E-state index contributed by atoms with van der Waals surface area (Å²) in [5.41, 5.74) is 5.37. The summed E-state index contributed by atoms with van der Waals surface area (Å²) in [4.78, 5) is 18.7. The molecule has 0 bridgehead atoms. The molecule has 0 saturated heterocycles. The van der Waals surface area contributed by atoms with Gasteiger partial charge in [-0.2, -0.15) is 0 Å². The average molecular weight is 359 g/mol. The number of amides is 1. The number of alkyl halides is 1. The maximum Gasteiger partial charge on any atom is 0.241 e. The normalized spacial score (nSPS) is 15.3. The molecular formula is C20H23ClN2O2. The van der Waals surface area contributed by atoms with Crippen LogP contribution < -0.4 is 4.90 Å². The van der Waals surface area contributed by atoms with Crippen LogP contribution in [-0.2, 0) is 23.2 Å². The van der Waals surface area contributed by atoms with Crippen LogP contribution in [0.5, 0.6) is 0 Å². The summed E-state index contributed by atoms with van der Waals surface area (Å²) in [6.45, 7) is 6.60. The molecule has 0 unspecified atom stereocenters. The van der Waals surface area contributed by atoms with Crippen LogP contribution in [0.25, 0.3) is 0 Å². The number of hydrogen-bond acceptors (Lipinski definition) is 3. The van der Waals surface area contributed by atoms with Gasteiger partial charge in [-0.05, 0) is 30.5 Å². The molecule has 1 amide bonds. The Balaban J connectivity index is 2.05. The Bertz CT molecular complexity index is 800. The van der Waals surface area contributed by atoms with E-state index in [0.29, 0.717) is 18.7 Å². The first-order valence-electron chi connectivity index (χ1n) is 8.41. The molecule has 0 aliphatic carbocycles. The maximum atomic E-state index is 12.2. The molecule has 1 aliphatic rings. The highest BCUT2D eigenvalue weighted by Gasteiger charge is 2.39. The highest BCUT2D eigenvalue weighted by Crippen LogP contribution is 2.40. The third kappa shape index (κ3) is 3.42. The molecule has 0 fully saturated rings. The van der Waals surface area contributed by atoms with Crippen LogP contribution in [0.1, 0.15) is 41.9 Å². The quantitative estimate of drug-likeness (QED) is 0.853. The number of benzene rings is 1. The zero-order valence-electron chi connectivity index (χ0n) is 14.8. The summed E-state index contributed by atoms with van der Waals surface area (Å²) < 4.78 is 0. The number of nitrogens with zero attached hydrogens (tertiary/aromatic N) is 2. The molecule has 1 aromatic carbocycles. The molecule has 0 radical (unpaired) electrons. The van der Waals surface area contributed by atoms with E-state index in [2.05, 4.69) is 45.0 Å². The fourth-order valence-corrected chi connectivity index (χ4v) is 3.49. The predicted octanol–water partition coefficient (Wildman–Crippen LogP) is 3.34. The number of aryl methyl sites for hydroxylation is 1. The highest BCUT2D eigenvalue weighted by molar-refractivity contribution is 6.29. The predicted molar refractivity (Wildman–Crippen MR) is 100 cm³/mol. The zero-order chi connectivity index (χ0) is 18.2. The van der Waals surface area contributed by atoms with Gasteiger partial charge in [-0.3, -0.25) is 9.78 Å². The van der Waals surface area contributed by atoms with Gasteiger partial charge in [0.1, 0.15) is 5.88 Å². The van der Waals surface area contributed by atoms with Crippen LogP contribution in [0.4, 0.5) is 5.69 Å². The van der Waals surface area contributed by atoms with Crippen LogP contribution >= 0.6 is 11.6 Å². The fraction of sp³-hybridized carbons (Fsp3) is 0.400. The summed E-state index contributed by atoms with van der Waals surface area (Å²) in [6, 6.07) is 10.3. The Hall–Kier alpha value is -1.91. The SMILES string of the molecule is Cc1ccc(Cc2cc3c(nc2CO)C(C)(C)CN3C(=O)CCl)cc1. The van der Waals surface area contributed by atoms with Gasteiger partial charge in [-0.15, -0.1) is 11.6 Å². The minimum Gasteiger partial charge on any atom is -0.390 e. The Morgan fingerprint density at radius 1 is 1.32 bits per heavy atom. The van der Waals surface area contributed by atoms with E-state index in [1.807, 2.05) is 6.07 Å². The Morgan fingerprint density at radius 3 is 2.60 bits per heavy atom. The van der Waals surface area contributed by atoms with Gasteiger partial charge in [0.15, 0.2) is 0 Å². The van der Waals surface area contributed by atoms with Gasteiger partial charge in [-0.1, -0.05) is 43.7 Å². The van der Waals surface area contributed by atoms with E-state index in [0.717, 1.165) is 22.5 Å². The van der Waals surface area contributed by atoms with E-state index >= 15 is 0 Å². The number of carbonyl (C=O) groups is 1. The molecular weight excluding hydrogens is 336 g/mol. The number of halogens is 1. The van der Waals surface area contributed by atoms with Crippen molar-refractivity contribution in [3.63, 3.8) is 0 Å². The number of rotatable bonds is 4. The first-order valence-corrected chi connectivity index (χ1v) is 8.95. The van der Waals surface area contributed by atoms with E-state index in [-0.39, 0.29) is 23.8 Å². The van der Waals surface area contributed by atoms with Crippen molar-refractivity contribution in [1.29, 1.82) is 0 Å². The van der Waals surface area contributed by atoms with Crippen molar-refractivity contribution < 1.29 is 9.90 Å². The third-order valence-corrected chi connectivity index (χ3v) is 4.97. The zero-order valence-corrected chi connectivity index (χ0v) is 15.6. The Labute approximate surface area is 153 Å². The van der Waals surface area contributed by atoms with Crippen molar-refractivity contribution in [3.05, 3.63) is 58.4 Å². The molecule has 2 aromatic rings. The first kappa shape index (κ1) is 17.9. The van der Waals surface area contributed by atoms with Gasteiger partial charge in [-0.25, -0.2) is 0 Å². The van der Waals surface area contributed by atoms with Crippen LogP contribution in [0.2, 0.25) is 0 Å². The number of aliphatic hydroxyl groups is 1. The second kappa shape index (κ2) is 6.77. The molecule has 3 rings (SSSR count). The lowest BCUT2D eigenvalue weighted by molar-refractivity contribution is -0.116. The van der Waals surface area contributed by atoms with Gasteiger partial charge in [0, 0.05) is 12.0 Å². The topological polar surface area (TPSA) is 53.4 Å². The fourth-order valence-electron chi connectivity index (χ4n) is 3.35. The highest BCUT2D eigenvalue weighted by atomic mass is 35.5. The Kier molecular flexibility index (Phi) is 4.85. The molecule has 4 nitrogen and oxygen atoms in total. The molecule has 1 aliphatic heterocycles. The van der Waals surface area contributed by atoms with Crippen LogP contribution in [0, 0.1) is 6.92 Å². The number of fused-ring (bicyclic) bond motifs is 1. The van der Waals surface area contributed by atoms with Gasteiger partial charge in [0.05, 0.1) is 23.7 Å². The number of hydrogen-bond donors (Lipinski definition) is 1. The molecule has 5 heteroatoms. The smallest absolute Gasteiger partial charge is 0.241 e. The minimum atomic E-state index is -0.261. The summed E-state index contributed by atoms with van der Waals surface area (Å²) >= 11 is 5.78. The molecule has 132 valence electrons.